The lowest BCUT2D eigenvalue weighted by atomic mass is 10.1. The molecule has 8 nitrogen and oxygen atoms in total. The van der Waals surface area contributed by atoms with E-state index in [1.807, 2.05) is 18.2 Å². The fourth-order valence-corrected chi connectivity index (χ4v) is 2.51. The molecule has 0 spiro atoms. The first kappa shape index (κ1) is 19.1. The SMILES string of the molecule is COc1cccc(NC(=S)N/N=C\c2ccc(-c3ccc([N+](=O)[O-])cc3)o2)c1. The van der Waals surface area contributed by atoms with Crippen LogP contribution in [0.4, 0.5) is 11.4 Å². The summed E-state index contributed by atoms with van der Waals surface area (Å²) in [4.78, 5) is 10.3. The Balaban J connectivity index is 1.57. The number of nitrogens with zero attached hydrogens (tertiary/aromatic N) is 2. The Kier molecular flexibility index (Phi) is 5.97. The number of nitro groups is 1. The second kappa shape index (κ2) is 8.78. The summed E-state index contributed by atoms with van der Waals surface area (Å²) >= 11 is 5.18. The van der Waals surface area contributed by atoms with Crippen molar-refractivity contribution in [3.05, 3.63) is 76.5 Å². The van der Waals surface area contributed by atoms with Crippen molar-refractivity contribution in [1.29, 1.82) is 0 Å². The van der Waals surface area contributed by atoms with E-state index >= 15 is 0 Å². The van der Waals surface area contributed by atoms with Crippen molar-refractivity contribution in [3.63, 3.8) is 0 Å². The zero-order valence-corrected chi connectivity index (χ0v) is 15.6. The molecule has 1 aromatic heterocycles. The molecule has 2 aromatic carbocycles. The first-order valence-electron chi connectivity index (χ1n) is 8.14. The number of ether oxygens (including phenoxy) is 1. The molecule has 3 rings (SSSR count). The summed E-state index contributed by atoms with van der Waals surface area (Å²) in [6, 6.07) is 16.9. The zero-order chi connectivity index (χ0) is 19.9. The van der Waals surface area contributed by atoms with Crippen molar-refractivity contribution in [2.75, 3.05) is 12.4 Å². The molecule has 0 saturated heterocycles. The van der Waals surface area contributed by atoms with Gasteiger partial charge >= 0.3 is 0 Å². The number of hydrogen-bond donors (Lipinski definition) is 2. The van der Waals surface area contributed by atoms with Gasteiger partial charge in [0.2, 0.25) is 0 Å². The van der Waals surface area contributed by atoms with E-state index in [9.17, 15) is 10.1 Å². The number of hydrazone groups is 1. The number of anilines is 1. The number of benzene rings is 2. The minimum Gasteiger partial charge on any atom is -0.497 e. The molecule has 3 aromatic rings. The van der Waals surface area contributed by atoms with Crippen LogP contribution in [0, 0.1) is 10.1 Å². The van der Waals surface area contributed by atoms with Crippen LogP contribution in [0.5, 0.6) is 5.75 Å². The summed E-state index contributed by atoms with van der Waals surface area (Å²) < 4.78 is 10.8. The van der Waals surface area contributed by atoms with E-state index in [1.54, 1.807) is 37.4 Å². The highest BCUT2D eigenvalue weighted by atomic mass is 32.1. The summed E-state index contributed by atoms with van der Waals surface area (Å²) in [6.07, 6.45) is 1.48. The Labute approximate surface area is 166 Å². The van der Waals surface area contributed by atoms with Crippen molar-refractivity contribution >= 4 is 34.9 Å². The maximum atomic E-state index is 10.7. The molecule has 0 fully saturated rings. The third kappa shape index (κ3) is 4.92. The second-order valence-electron chi connectivity index (χ2n) is 5.56. The molecule has 0 radical (unpaired) electrons. The highest BCUT2D eigenvalue weighted by Crippen LogP contribution is 2.24. The van der Waals surface area contributed by atoms with Crippen molar-refractivity contribution in [1.82, 2.24) is 5.43 Å². The third-order valence-electron chi connectivity index (χ3n) is 3.67. The van der Waals surface area contributed by atoms with Crippen molar-refractivity contribution in [2.24, 2.45) is 5.10 Å². The number of rotatable bonds is 6. The molecule has 9 heteroatoms. The summed E-state index contributed by atoms with van der Waals surface area (Å²) in [5, 5.41) is 18.0. The van der Waals surface area contributed by atoms with E-state index in [1.165, 1.54) is 18.3 Å². The Hall–Kier alpha value is -3.72. The Bertz CT molecular complexity index is 1010. The maximum Gasteiger partial charge on any atom is 0.269 e. The number of hydrogen-bond acceptors (Lipinski definition) is 6. The normalized spacial score (nSPS) is 10.6. The van der Waals surface area contributed by atoms with Gasteiger partial charge in [0.25, 0.3) is 5.69 Å². The lowest BCUT2D eigenvalue weighted by Crippen LogP contribution is -2.23. The number of nitro benzene ring substituents is 1. The van der Waals surface area contributed by atoms with Gasteiger partial charge in [-0.2, -0.15) is 5.10 Å². The number of thiocarbonyl (C=S) groups is 1. The predicted octanol–water partition coefficient (Wildman–Crippen LogP) is 4.18. The van der Waals surface area contributed by atoms with Crippen LogP contribution in [0.15, 0.2) is 70.2 Å². The van der Waals surface area contributed by atoms with Gasteiger partial charge < -0.3 is 14.5 Å². The van der Waals surface area contributed by atoms with Gasteiger partial charge in [-0.05, 0) is 48.6 Å². The van der Waals surface area contributed by atoms with Gasteiger partial charge in [0.05, 0.1) is 18.2 Å². The van der Waals surface area contributed by atoms with Crippen LogP contribution < -0.4 is 15.5 Å². The first-order valence-corrected chi connectivity index (χ1v) is 8.55. The largest absolute Gasteiger partial charge is 0.497 e. The molecule has 0 unspecified atom stereocenters. The summed E-state index contributed by atoms with van der Waals surface area (Å²) in [7, 11) is 1.59. The molecular formula is C19H16N4O4S. The molecule has 0 amide bonds. The van der Waals surface area contributed by atoms with Crippen LogP contribution in [-0.2, 0) is 0 Å². The van der Waals surface area contributed by atoms with Gasteiger partial charge in [0, 0.05) is 29.4 Å². The average Bonchev–Trinajstić information content (AvgIpc) is 3.17. The molecule has 2 N–H and O–H groups in total. The van der Waals surface area contributed by atoms with Crippen LogP contribution in [0.1, 0.15) is 5.76 Å². The van der Waals surface area contributed by atoms with E-state index in [4.69, 9.17) is 21.4 Å². The smallest absolute Gasteiger partial charge is 0.269 e. The summed E-state index contributed by atoms with van der Waals surface area (Å²) in [5.41, 5.74) is 4.23. The van der Waals surface area contributed by atoms with Gasteiger partial charge in [-0.1, -0.05) is 6.07 Å². The maximum absolute atomic E-state index is 10.7. The highest BCUT2D eigenvalue weighted by Gasteiger charge is 2.08. The predicted molar refractivity (Wildman–Crippen MR) is 111 cm³/mol. The lowest BCUT2D eigenvalue weighted by Gasteiger charge is -2.08. The fourth-order valence-electron chi connectivity index (χ4n) is 2.34. The minimum absolute atomic E-state index is 0.0262. The topological polar surface area (TPSA) is 102 Å². The van der Waals surface area contributed by atoms with Crippen LogP contribution in [-0.4, -0.2) is 23.4 Å². The zero-order valence-electron chi connectivity index (χ0n) is 14.8. The van der Waals surface area contributed by atoms with Gasteiger partial charge in [0.1, 0.15) is 17.3 Å². The van der Waals surface area contributed by atoms with Crippen molar-refractivity contribution in [3.8, 4) is 17.1 Å². The van der Waals surface area contributed by atoms with Gasteiger partial charge in [-0.3, -0.25) is 15.5 Å². The van der Waals surface area contributed by atoms with Crippen LogP contribution in [0.2, 0.25) is 0 Å². The fraction of sp³-hybridized carbons (Fsp3) is 0.0526. The summed E-state index contributed by atoms with van der Waals surface area (Å²) in [6.45, 7) is 0. The molecule has 1 heterocycles. The molecule has 0 saturated carbocycles. The Morgan fingerprint density at radius 3 is 2.71 bits per heavy atom. The van der Waals surface area contributed by atoms with Crippen LogP contribution in [0.3, 0.4) is 0 Å². The molecule has 0 aliphatic heterocycles. The van der Waals surface area contributed by atoms with E-state index < -0.39 is 4.92 Å². The lowest BCUT2D eigenvalue weighted by molar-refractivity contribution is -0.384. The molecule has 28 heavy (non-hydrogen) atoms. The molecule has 0 aliphatic rings. The summed E-state index contributed by atoms with van der Waals surface area (Å²) in [5.74, 6) is 1.80. The number of non-ortho nitro benzene ring substituents is 1. The van der Waals surface area contributed by atoms with Gasteiger partial charge in [-0.15, -0.1) is 0 Å². The van der Waals surface area contributed by atoms with E-state index in [0.29, 0.717) is 22.4 Å². The van der Waals surface area contributed by atoms with Crippen LogP contribution in [0.25, 0.3) is 11.3 Å². The van der Waals surface area contributed by atoms with E-state index in [-0.39, 0.29) is 5.69 Å². The van der Waals surface area contributed by atoms with Crippen molar-refractivity contribution < 1.29 is 14.1 Å². The molecule has 0 bridgehead atoms. The Morgan fingerprint density at radius 2 is 2.00 bits per heavy atom. The number of methoxy groups -OCH3 is 1. The molecule has 0 aliphatic carbocycles. The van der Waals surface area contributed by atoms with Gasteiger partial charge in [0.15, 0.2) is 5.11 Å². The molecule has 0 atom stereocenters. The first-order chi connectivity index (χ1) is 13.5. The van der Waals surface area contributed by atoms with E-state index in [0.717, 1.165) is 11.3 Å². The highest BCUT2D eigenvalue weighted by molar-refractivity contribution is 7.80. The number of nitrogens with one attached hydrogen (secondary N) is 2. The van der Waals surface area contributed by atoms with Crippen molar-refractivity contribution in [2.45, 2.75) is 0 Å². The third-order valence-corrected chi connectivity index (χ3v) is 3.87. The second-order valence-corrected chi connectivity index (χ2v) is 5.97. The van der Waals surface area contributed by atoms with E-state index in [2.05, 4.69) is 15.8 Å². The molecule has 142 valence electrons. The number of furan rings is 1. The van der Waals surface area contributed by atoms with Crippen LogP contribution >= 0.6 is 12.2 Å². The van der Waals surface area contributed by atoms with Gasteiger partial charge in [-0.25, -0.2) is 0 Å². The quantitative estimate of drug-likeness (QED) is 0.279. The standard InChI is InChI=1S/C19H16N4O4S/c1-26-16-4-2-3-14(11-16)21-19(28)22-20-12-17-9-10-18(27-17)13-5-7-15(8-6-13)23(24)25/h2-12H,1H3,(H2,21,22,28)/b20-12-. The Morgan fingerprint density at radius 1 is 1.21 bits per heavy atom. The molecular weight excluding hydrogens is 380 g/mol. The average molecular weight is 396 g/mol. The monoisotopic (exact) mass is 396 g/mol. The minimum atomic E-state index is -0.446.